The highest BCUT2D eigenvalue weighted by Gasteiger charge is 2.28. The van der Waals surface area contributed by atoms with Gasteiger partial charge in [0.15, 0.2) is 5.69 Å². The van der Waals surface area contributed by atoms with Gasteiger partial charge in [0.05, 0.1) is 29.7 Å². The number of ether oxygens (including phenoxy) is 1. The maximum atomic E-state index is 9.95. The summed E-state index contributed by atoms with van der Waals surface area (Å²) in [5, 5.41) is 19.6. The van der Waals surface area contributed by atoms with Crippen molar-refractivity contribution in [2.24, 2.45) is 0 Å². The Bertz CT molecular complexity index is 803. The molecular weight excluding hydrogens is 328 g/mol. The third-order valence-electron chi connectivity index (χ3n) is 4.78. The van der Waals surface area contributed by atoms with Crippen LogP contribution in [0.25, 0.3) is 11.3 Å². The fraction of sp³-hybridized carbons (Fsp3) is 0.450. The molecule has 0 aliphatic carbocycles. The minimum absolute atomic E-state index is 0.218. The molecule has 2 aromatic heterocycles. The molecule has 1 N–H and O–H groups in total. The van der Waals surface area contributed by atoms with Gasteiger partial charge in [-0.1, -0.05) is 6.92 Å². The molecule has 3 rings (SSSR count). The fourth-order valence-electron chi connectivity index (χ4n) is 3.49. The zero-order valence-corrected chi connectivity index (χ0v) is 15.2. The lowest BCUT2D eigenvalue weighted by Gasteiger charge is -2.39. The molecular formula is C20H24N4O2. The van der Waals surface area contributed by atoms with Crippen LogP contribution in [0.2, 0.25) is 0 Å². The third-order valence-corrected chi connectivity index (χ3v) is 4.78. The van der Waals surface area contributed by atoms with E-state index in [0.29, 0.717) is 30.3 Å². The van der Waals surface area contributed by atoms with Crippen LogP contribution in [-0.4, -0.2) is 40.4 Å². The van der Waals surface area contributed by atoms with E-state index in [4.69, 9.17) is 4.74 Å². The van der Waals surface area contributed by atoms with Crippen LogP contribution in [0.1, 0.15) is 38.8 Å². The van der Waals surface area contributed by atoms with Gasteiger partial charge in [-0.3, -0.25) is 0 Å². The predicted molar refractivity (Wildman–Crippen MR) is 100 cm³/mol. The molecule has 0 saturated carbocycles. The molecule has 0 aromatic carbocycles. The molecule has 0 unspecified atom stereocenters. The number of rotatable bonds is 5. The van der Waals surface area contributed by atoms with Crippen molar-refractivity contribution in [2.75, 3.05) is 18.1 Å². The lowest BCUT2D eigenvalue weighted by molar-refractivity contribution is 0.127. The molecule has 0 spiro atoms. The number of nitrogens with zero attached hydrogens (tertiary/aromatic N) is 4. The van der Waals surface area contributed by atoms with Gasteiger partial charge in [0.2, 0.25) is 5.88 Å². The normalized spacial score (nSPS) is 19.8. The summed E-state index contributed by atoms with van der Waals surface area (Å²) in [5.41, 5.74) is 2.67. The van der Waals surface area contributed by atoms with E-state index < -0.39 is 0 Å². The highest BCUT2D eigenvalue weighted by atomic mass is 16.5. The highest BCUT2D eigenvalue weighted by molar-refractivity contribution is 5.69. The highest BCUT2D eigenvalue weighted by Crippen LogP contribution is 2.32. The minimum Gasteiger partial charge on any atom is -0.477 e. The van der Waals surface area contributed by atoms with Gasteiger partial charge in [0.1, 0.15) is 6.07 Å². The van der Waals surface area contributed by atoms with Crippen molar-refractivity contribution in [3.8, 4) is 23.2 Å². The Kier molecular flexibility index (Phi) is 5.69. The molecule has 1 aliphatic rings. The standard InChI is InChI=1S/C20H24N4O2/c1-3-14-12-15(25)9-11-24(14)19-8-7-17(23-18(19)13-21)16-6-5-10-22-20(16)26-4-2/h5-8,10,14-15,25H,3-4,9,11-12H2,1-2H3/t14-,15-/m1/s1. The first-order valence-electron chi connectivity index (χ1n) is 9.11. The summed E-state index contributed by atoms with van der Waals surface area (Å²) in [4.78, 5) is 11.0. The maximum Gasteiger partial charge on any atom is 0.222 e. The molecule has 2 atom stereocenters. The number of hydrogen-bond acceptors (Lipinski definition) is 6. The summed E-state index contributed by atoms with van der Waals surface area (Å²) < 4.78 is 5.59. The Hall–Kier alpha value is -2.65. The van der Waals surface area contributed by atoms with E-state index >= 15 is 0 Å². The summed E-state index contributed by atoms with van der Waals surface area (Å²) in [5.74, 6) is 0.520. The number of hydrogen-bond donors (Lipinski definition) is 1. The summed E-state index contributed by atoms with van der Waals surface area (Å²) in [6.45, 7) is 5.26. The molecule has 1 fully saturated rings. The van der Waals surface area contributed by atoms with Gasteiger partial charge in [-0.25, -0.2) is 9.97 Å². The van der Waals surface area contributed by atoms with Crippen molar-refractivity contribution in [3.05, 3.63) is 36.2 Å². The SMILES string of the molecule is CCOc1ncccc1-c1ccc(N2CC[C@@H](O)C[C@H]2CC)c(C#N)n1. The third kappa shape index (κ3) is 3.63. The number of aromatic nitrogens is 2. The summed E-state index contributed by atoms with van der Waals surface area (Å²) >= 11 is 0. The van der Waals surface area contributed by atoms with Crippen LogP contribution in [0.3, 0.4) is 0 Å². The van der Waals surface area contributed by atoms with E-state index in [2.05, 4.69) is 27.9 Å². The first-order chi connectivity index (χ1) is 12.7. The van der Waals surface area contributed by atoms with Crippen molar-refractivity contribution in [2.45, 2.75) is 45.3 Å². The Morgan fingerprint density at radius 2 is 2.19 bits per heavy atom. The zero-order chi connectivity index (χ0) is 18.5. The van der Waals surface area contributed by atoms with Crippen molar-refractivity contribution in [1.82, 2.24) is 9.97 Å². The second-order valence-corrected chi connectivity index (χ2v) is 6.40. The Morgan fingerprint density at radius 3 is 2.92 bits per heavy atom. The van der Waals surface area contributed by atoms with Crippen molar-refractivity contribution >= 4 is 5.69 Å². The van der Waals surface area contributed by atoms with Gasteiger partial charge in [-0.05, 0) is 50.5 Å². The minimum atomic E-state index is -0.266. The summed E-state index contributed by atoms with van der Waals surface area (Å²) in [7, 11) is 0. The number of anilines is 1. The molecule has 0 bridgehead atoms. The van der Waals surface area contributed by atoms with Gasteiger partial charge in [0, 0.05) is 18.8 Å². The number of aliphatic hydroxyl groups excluding tert-OH is 1. The van der Waals surface area contributed by atoms with E-state index in [1.54, 1.807) is 6.20 Å². The quantitative estimate of drug-likeness (QED) is 0.890. The van der Waals surface area contributed by atoms with Crippen LogP contribution in [-0.2, 0) is 0 Å². The summed E-state index contributed by atoms with van der Waals surface area (Å²) in [6.07, 6.45) is 3.76. The fourth-order valence-corrected chi connectivity index (χ4v) is 3.49. The molecule has 2 aromatic rings. The molecule has 0 amide bonds. The average molecular weight is 352 g/mol. The van der Waals surface area contributed by atoms with Gasteiger partial charge in [0.25, 0.3) is 0 Å². The lowest BCUT2D eigenvalue weighted by atomic mass is 9.96. The van der Waals surface area contributed by atoms with E-state index in [1.165, 1.54) is 0 Å². The summed E-state index contributed by atoms with van der Waals surface area (Å²) in [6, 6.07) is 10.0. The van der Waals surface area contributed by atoms with Crippen LogP contribution < -0.4 is 9.64 Å². The van der Waals surface area contributed by atoms with Crippen LogP contribution in [0.15, 0.2) is 30.5 Å². The molecule has 6 heteroatoms. The second kappa shape index (κ2) is 8.15. The largest absolute Gasteiger partial charge is 0.477 e. The second-order valence-electron chi connectivity index (χ2n) is 6.40. The first kappa shape index (κ1) is 18.2. The Balaban J connectivity index is 1.98. The molecule has 0 radical (unpaired) electrons. The Labute approximate surface area is 154 Å². The van der Waals surface area contributed by atoms with Gasteiger partial charge in [-0.2, -0.15) is 5.26 Å². The number of pyridine rings is 2. The monoisotopic (exact) mass is 352 g/mol. The predicted octanol–water partition coefficient (Wildman–Crippen LogP) is 3.15. The molecule has 136 valence electrons. The van der Waals surface area contributed by atoms with Gasteiger partial charge >= 0.3 is 0 Å². The van der Waals surface area contributed by atoms with E-state index in [1.807, 2.05) is 31.2 Å². The molecule has 6 nitrogen and oxygen atoms in total. The van der Waals surface area contributed by atoms with E-state index in [-0.39, 0.29) is 12.1 Å². The van der Waals surface area contributed by atoms with Crippen LogP contribution in [0, 0.1) is 11.3 Å². The number of nitriles is 1. The Morgan fingerprint density at radius 1 is 1.35 bits per heavy atom. The topological polar surface area (TPSA) is 82.3 Å². The average Bonchev–Trinajstić information content (AvgIpc) is 2.68. The van der Waals surface area contributed by atoms with Crippen LogP contribution >= 0.6 is 0 Å². The van der Waals surface area contributed by atoms with E-state index in [0.717, 1.165) is 30.6 Å². The van der Waals surface area contributed by atoms with Crippen LogP contribution in [0.5, 0.6) is 5.88 Å². The first-order valence-corrected chi connectivity index (χ1v) is 9.11. The lowest BCUT2D eigenvalue weighted by Crippen LogP contribution is -2.44. The zero-order valence-electron chi connectivity index (χ0n) is 15.2. The maximum absolute atomic E-state index is 9.95. The molecule has 1 saturated heterocycles. The number of piperidine rings is 1. The molecule has 1 aliphatic heterocycles. The van der Waals surface area contributed by atoms with Crippen molar-refractivity contribution in [3.63, 3.8) is 0 Å². The smallest absolute Gasteiger partial charge is 0.222 e. The number of aliphatic hydroxyl groups is 1. The molecule has 26 heavy (non-hydrogen) atoms. The van der Waals surface area contributed by atoms with Gasteiger partial charge < -0.3 is 14.7 Å². The molecule has 3 heterocycles. The van der Waals surface area contributed by atoms with Crippen LogP contribution in [0.4, 0.5) is 5.69 Å². The van der Waals surface area contributed by atoms with Gasteiger partial charge in [-0.15, -0.1) is 0 Å². The van der Waals surface area contributed by atoms with Crippen molar-refractivity contribution < 1.29 is 9.84 Å². The van der Waals surface area contributed by atoms with Crippen molar-refractivity contribution in [1.29, 1.82) is 5.26 Å². The van der Waals surface area contributed by atoms with E-state index in [9.17, 15) is 10.4 Å².